The van der Waals surface area contributed by atoms with Gasteiger partial charge in [0.15, 0.2) is 4.34 Å². The molecule has 136 valence electrons. The van der Waals surface area contributed by atoms with Crippen molar-refractivity contribution in [2.45, 2.75) is 42.2 Å². The number of nitrogens with one attached hydrogen (secondary N) is 1. The van der Waals surface area contributed by atoms with Crippen molar-refractivity contribution in [2.24, 2.45) is 10.9 Å². The Morgan fingerprint density at radius 1 is 1.15 bits per heavy atom. The molecule has 9 heteroatoms. The molecule has 0 unspecified atom stereocenters. The number of hydrogen-bond donors (Lipinski definition) is 3. The highest BCUT2D eigenvalue weighted by Gasteiger charge is 2.21. The van der Waals surface area contributed by atoms with Crippen LogP contribution in [0.25, 0.3) is 10.9 Å². The van der Waals surface area contributed by atoms with Gasteiger partial charge in [-0.2, -0.15) is 0 Å². The van der Waals surface area contributed by atoms with E-state index in [0.29, 0.717) is 12.0 Å². The van der Waals surface area contributed by atoms with Gasteiger partial charge in [-0.3, -0.25) is 5.14 Å². The zero-order valence-corrected chi connectivity index (χ0v) is 15.7. The van der Waals surface area contributed by atoms with Crippen molar-refractivity contribution in [3.8, 4) is 5.75 Å². The number of benzene rings is 1. The van der Waals surface area contributed by atoms with Crippen molar-refractivity contribution in [3.63, 3.8) is 0 Å². The van der Waals surface area contributed by atoms with E-state index >= 15 is 0 Å². The van der Waals surface area contributed by atoms with Gasteiger partial charge in [-0.25, -0.2) is 15.0 Å². The summed E-state index contributed by atoms with van der Waals surface area (Å²) in [7, 11) is 0. The Morgan fingerprint density at radius 3 is 2.77 bits per heavy atom. The van der Waals surface area contributed by atoms with Gasteiger partial charge in [0.05, 0.1) is 12.3 Å². The van der Waals surface area contributed by atoms with Crippen molar-refractivity contribution in [1.82, 2.24) is 15.0 Å². The summed E-state index contributed by atoms with van der Waals surface area (Å²) in [5.74, 6) is 1.30. The number of anilines is 2. The van der Waals surface area contributed by atoms with Gasteiger partial charge in [0.25, 0.3) is 0 Å². The Morgan fingerprint density at radius 2 is 2.00 bits per heavy atom. The molecule has 0 spiro atoms. The zero-order chi connectivity index (χ0) is 17.9. The number of fused-ring (bicyclic) bond motifs is 1. The van der Waals surface area contributed by atoms with E-state index in [-0.39, 0.29) is 6.10 Å². The number of para-hydroxylation sites is 1. The zero-order valence-electron chi connectivity index (χ0n) is 14.1. The number of aromatic nitrogens is 3. The van der Waals surface area contributed by atoms with Crippen molar-refractivity contribution < 1.29 is 4.74 Å². The lowest BCUT2D eigenvalue weighted by Crippen LogP contribution is -2.31. The Kier molecular flexibility index (Phi) is 5.21. The fourth-order valence-electron chi connectivity index (χ4n) is 3.05. The van der Waals surface area contributed by atoms with Crippen LogP contribution in [0.3, 0.4) is 0 Å². The Bertz CT molecular complexity index is 894. The lowest BCUT2D eigenvalue weighted by Gasteiger charge is -2.27. The van der Waals surface area contributed by atoms with Crippen LogP contribution in [0.1, 0.15) is 25.7 Å². The fourth-order valence-corrected chi connectivity index (χ4v) is 4.17. The van der Waals surface area contributed by atoms with Crippen LogP contribution in [0.5, 0.6) is 5.75 Å². The molecule has 0 bridgehead atoms. The van der Waals surface area contributed by atoms with Crippen LogP contribution in [-0.2, 0) is 0 Å². The van der Waals surface area contributed by atoms with E-state index < -0.39 is 0 Å². The molecule has 1 aromatic carbocycles. The highest BCUT2D eigenvalue weighted by Crippen LogP contribution is 2.30. The Labute approximate surface area is 159 Å². The standard InChI is InChI=1S/C17H20N6OS2/c18-11-4-6-12(7-5-11)24-13-3-1-2-10-8-20-16(23-15(10)13)22-14-9-21-17(25-14)26-19/h1-3,8-9,11-12H,4-7,18-19H2,(H,20,22,23). The molecule has 0 amide bonds. The number of ether oxygens (including phenoxy) is 1. The first-order valence-corrected chi connectivity index (χ1v) is 10.2. The fraction of sp³-hybridized carbons (Fsp3) is 0.353. The molecule has 0 atom stereocenters. The molecule has 1 aliphatic rings. The lowest BCUT2D eigenvalue weighted by molar-refractivity contribution is 0.149. The Balaban J connectivity index is 1.57. The van der Waals surface area contributed by atoms with Crippen LogP contribution in [0, 0.1) is 0 Å². The van der Waals surface area contributed by atoms with Gasteiger partial charge in [0.1, 0.15) is 16.3 Å². The average Bonchev–Trinajstić information content (AvgIpc) is 3.12. The maximum atomic E-state index is 6.24. The first-order chi connectivity index (χ1) is 12.7. The third-order valence-electron chi connectivity index (χ3n) is 4.41. The van der Waals surface area contributed by atoms with E-state index in [1.54, 1.807) is 12.4 Å². The normalized spacial score (nSPS) is 20.2. The van der Waals surface area contributed by atoms with Crippen LogP contribution in [0.15, 0.2) is 34.9 Å². The molecule has 7 nitrogen and oxygen atoms in total. The highest BCUT2D eigenvalue weighted by atomic mass is 32.2. The average molecular weight is 389 g/mol. The third-order valence-corrected chi connectivity index (χ3v) is 5.96. The van der Waals surface area contributed by atoms with Gasteiger partial charge in [-0.05, 0) is 43.7 Å². The van der Waals surface area contributed by atoms with E-state index in [1.165, 1.54) is 11.3 Å². The molecular formula is C17H20N6OS2. The lowest BCUT2D eigenvalue weighted by atomic mass is 9.94. The van der Waals surface area contributed by atoms with Crippen LogP contribution in [0.2, 0.25) is 0 Å². The van der Waals surface area contributed by atoms with Gasteiger partial charge in [-0.15, -0.1) is 0 Å². The van der Waals surface area contributed by atoms with E-state index in [9.17, 15) is 0 Å². The van der Waals surface area contributed by atoms with Crippen molar-refractivity contribution in [3.05, 3.63) is 30.6 Å². The quantitative estimate of drug-likeness (QED) is 0.570. The maximum absolute atomic E-state index is 6.24. The minimum absolute atomic E-state index is 0.192. The summed E-state index contributed by atoms with van der Waals surface area (Å²) in [6.07, 6.45) is 7.68. The summed E-state index contributed by atoms with van der Waals surface area (Å²) in [5, 5.41) is 10.5. The molecule has 0 saturated heterocycles. The number of nitrogens with two attached hydrogens (primary N) is 2. The molecule has 0 radical (unpaired) electrons. The van der Waals surface area contributed by atoms with Gasteiger partial charge < -0.3 is 15.8 Å². The van der Waals surface area contributed by atoms with Crippen LogP contribution in [0.4, 0.5) is 10.9 Å². The smallest absolute Gasteiger partial charge is 0.228 e. The van der Waals surface area contributed by atoms with Crippen molar-refractivity contribution in [2.75, 3.05) is 5.32 Å². The van der Waals surface area contributed by atoms with Gasteiger partial charge in [0.2, 0.25) is 5.95 Å². The minimum atomic E-state index is 0.192. The number of rotatable bonds is 5. The predicted octanol–water partition coefficient (Wildman–Crippen LogP) is 3.44. The SMILES string of the molecule is NSc1ncc(Nc2ncc3cccc(OC4CCC(N)CC4)c3n2)s1. The summed E-state index contributed by atoms with van der Waals surface area (Å²) < 4.78 is 7.03. The Hall–Kier alpha value is -1.94. The molecule has 2 heterocycles. The largest absolute Gasteiger partial charge is 0.488 e. The second-order valence-electron chi connectivity index (χ2n) is 6.28. The number of hydrogen-bond acceptors (Lipinski definition) is 9. The second kappa shape index (κ2) is 7.75. The molecule has 1 aliphatic carbocycles. The second-order valence-corrected chi connectivity index (χ2v) is 8.19. The summed E-state index contributed by atoms with van der Waals surface area (Å²) >= 11 is 2.58. The molecule has 0 aliphatic heterocycles. The number of thiazole rings is 1. The predicted molar refractivity (Wildman–Crippen MR) is 106 cm³/mol. The van der Waals surface area contributed by atoms with E-state index in [2.05, 4.69) is 20.3 Å². The monoisotopic (exact) mass is 388 g/mol. The summed E-state index contributed by atoms with van der Waals surface area (Å²) in [5.41, 5.74) is 6.79. The molecule has 1 saturated carbocycles. The molecule has 2 aromatic heterocycles. The molecule has 3 aromatic rings. The summed E-state index contributed by atoms with van der Waals surface area (Å²) in [6.45, 7) is 0. The highest BCUT2D eigenvalue weighted by molar-refractivity contribution is 7.98. The topological polar surface area (TPSA) is 112 Å². The molecule has 26 heavy (non-hydrogen) atoms. The number of nitrogens with zero attached hydrogens (tertiary/aromatic N) is 3. The third kappa shape index (κ3) is 3.90. The van der Waals surface area contributed by atoms with Gasteiger partial charge >= 0.3 is 0 Å². The van der Waals surface area contributed by atoms with Crippen LogP contribution in [-0.4, -0.2) is 27.1 Å². The van der Waals surface area contributed by atoms with Gasteiger partial charge in [-0.1, -0.05) is 23.5 Å². The van der Waals surface area contributed by atoms with Crippen molar-refractivity contribution >= 4 is 45.1 Å². The summed E-state index contributed by atoms with van der Waals surface area (Å²) in [4.78, 5) is 13.2. The first kappa shape index (κ1) is 17.5. The van der Waals surface area contributed by atoms with Crippen molar-refractivity contribution in [1.29, 1.82) is 0 Å². The van der Waals surface area contributed by atoms with Crippen LogP contribution >= 0.6 is 23.3 Å². The summed E-state index contributed by atoms with van der Waals surface area (Å²) in [6, 6.07) is 6.22. The first-order valence-electron chi connectivity index (χ1n) is 8.49. The minimum Gasteiger partial charge on any atom is -0.488 e. The molecular weight excluding hydrogens is 368 g/mol. The molecule has 4 rings (SSSR count). The maximum Gasteiger partial charge on any atom is 0.228 e. The van der Waals surface area contributed by atoms with E-state index in [0.717, 1.165) is 63.6 Å². The molecule has 1 fully saturated rings. The van der Waals surface area contributed by atoms with E-state index in [1.807, 2.05) is 18.2 Å². The molecule has 5 N–H and O–H groups in total. The van der Waals surface area contributed by atoms with Gasteiger partial charge in [0, 0.05) is 17.6 Å². The van der Waals surface area contributed by atoms with E-state index in [4.69, 9.17) is 15.6 Å². The van der Waals surface area contributed by atoms with Crippen LogP contribution < -0.4 is 20.9 Å².